The maximum absolute atomic E-state index is 12.6. The Hall–Kier alpha value is -3.09. The Bertz CT molecular complexity index is 1100. The van der Waals surface area contributed by atoms with Crippen molar-refractivity contribution in [1.82, 2.24) is 4.57 Å². The summed E-state index contributed by atoms with van der Waals surface area (Å²) < 4.78 is 39.6. The van der Waals surface area contributed by atoms with E-state index in [-0.39, 0.29) is 23.9 Å². The maximum atomic E-state index is 12.6. The molecule has 0 unspecified atom stereocenters. The summed E-state index contributed by atoms with van der Waals surface area (Å²) in [4.78, 5) is 25.0. The van der Waals surface area contributed by atoms with E-state index in [1.54, 1.807) is 29.0 Å². The third-order valence-corrected chi connectivity index (χ3v) is 4.83. The number of fused-ring (bicyclic) bond motifs is 1. The van der Waals surface area contributed by atoms with Crippen LogP contribution in [0.5, 0.6) is 0 Å². The van der Waals surface area contributed by atoms with Gasteiger partial charge in [0.1, 0.15) is 0 Å². The highest BCUT2D eigenvalue weighted by Crippen LogP contribution is 2.34. The van der Waals surface area contributed by atoms with Gasteiger partial charge in [-0.3, -0.25) is 9.59 Å². The fourth-order valence-electron chi connectivity index (χ4n) is 3.23. The molecule has 0 spiro atoms. The van der Waals surface area contributed by atoms with Gasteiger partial charge in [-0.25, -0.2) is 0 Å². The number of carbonyl (C=O) groups is 1. The Morgan fingerprint density at radius 1 is 1.04 bits per heavy atom. The highest BCUT2D eigenvalue weighted by atomic mass is 19.4. The van der Waals surface area contributed by atoms with Gasteiger partial charge >= 0.3 is 6.18 Å². The van der Waals surface area contributed by atoms with Gasteiger partial charge < -0.3 is 9.88 Å². The minimum absolute atomic E-state index is 0.0618. The lowest BCUT2D eigenvalue weighted by Gasteiger charge is -2.11. The molecule has 7 heteroatoms. The molecule has 0 radical (unpaired) electrons. The monoisotopic (exact) mass is 386 g/mol. The number of aromatic nitrogens is 1. The summed E-state index contributed by atoms with van der Waals surface area (Å²) >= 11 is 0. The first-order valence-corrected chi connectivity index (χ1v) is 8.93. The second kappa shape index (κ2) is 6.82. The van der Waals surface area contributed by atoms with Gasteiger partial charge in [-0.05, 0) is 48.7 Å². The van der Waals surface area contributed by atoms with Crippen LogP contribution in [0, 0.1) is 0 Å². The Morgan fingerprint density at radius 2 is 1.75 bits per heavy atom. The number of carbonyl (C=O) groups excluding carboxylic acids is 1. The minimum atomic E-state index is -4.41. The maximum Gasteiger partial charge on any atom is 0.416 e. The van der Waals surface area contributed by atoms with Crippen molar-refractivity contribution in [2.75, 3.05) is 5.32 Å². The van der Waals surface area contributed by atoms with Crippen LogP contribution in [0.2, 0.25) is 0 Å². The van der Waals surface area contributed by atoms with Gasteiger partial charge in [0.05, 0.1) is 12.0 Å². The molecule has 4 nitrogen and oxygen atoms in total. The molecule has 0 bridgehead atoms. The number of hydrogen-bond acceptors (Lipinski definition) is 2. The molecule has 1 heterocycles. The molecule has 4 rings (SSSR count). The average molecular weight is 386 g/mol. The molecule has 3 aromatic rings. The van der Waals surface area contributed by atoms with Crippen molar-refractivity contribution >= 4 is 22.4 Å². The van der Waals surface area contributed by atoms with Crippen LogP contribution in [-0.2, 0) is 17.4 Å². The summed E-state index contributed by atoms with van der Waals surface area (Å²) in [5.41, 5.74) is 0.146. The lowest BCUT2D eigenvalue weighted by molar-refractivity contribution is -0.137. The summed E-state index contributed by atoms with van der Waals surface area (Å²) in [7, 11) is 0. The predicted octanol–water partition coefficient (Wildman–Crippen LogP) is 4.54. The van der Waals surface area contributed by atoms with E-state index in [9.17, 15) is 22.8 Å². The van der Waals surface area contributed by atoms with Crippen molar-refractivity contribution < 1.29 is 18.0 Å². The number of hydrogen-bond donors (Lipinski definition) is 1. The first-order chi connectivity index (χ1) is 13.3. The van der Waals surface area contributed by atoms with Crippen LogP contribution in [0.4, 0.5) is 18.9 Å². The Morgan fingerprint density at radius 3 is 2.39 bits per heavy atom. The van der Waals surface area contributed by atoms with Crippen molar-refractivity contribution in [2.45, 2.75) is 31.5 Å². The number of rotatable bonds is 4. The molecule has 0 atom stereocenters. The number of nitrogens with one attached hydrogen (secondary N) is 1. The fraction of sp³-hybridized carbons (Fsp3) is 0.238. The van der Waals surface area contributed by atoms with Crippen molar-refractivity contribution in [3.63, 3.8) is 0 Å². The second-order valence-corrected chi connectivity index (χ2v) is 6.95. The summed E-state index contributed by atoms with van der Waals surface area (Å²) in [5, 5.41) is 3.93. The van der Waals surface area contributed by atoms with Gasteiger partial charge in [0.15, 0.2) is 0 Å². The van der Waals surface area contributed by atoms with Gasteiger partial charge in [0.2, 0.25) is 5.91 Å². The zero-order valence-electron chi connectivity index (χ0n) is 14.8. The van der Waals surface area contributed by atoms with Crippen molar-refractivity contribution in [3.05, 3.63) is 76.2 Å². The largest absolute Gasteiger partial charge is 0.416 e. The molecule has 1 aliphatic rings. The number of alkyl halides is 3. The lowest BCUT2D eigenvalue weighted by Crippen LogP contribution is -2.19. The summed E-state index contributed by atoms with van der Waals surface area (Å²) in [5.74, 6) is -0.362. The minimum Gasteiger partial charge on any atom is -0.325 e. The Balaban J connectivity index is 1.54. The highest BCUT2D eigenvalue weighted by Gasteiger charge is 2.30. The quantitative estimate of drug-likeness (QED) is 0.716. The molecule has 1 fully saturated rings. The first kappa shape index (κ1) is 18.3. The van der Waals surface area contributed by atoms with Crippen LogP contribution >= 0.6 is 0 Å². The zero-order chi connectivity index (χ0) is 19.9. The van der Waals surface area contributed by atoms with Gasteiger partial charge in [-0.15, -0.1) is 0 Å². The standard InChI is InChI=1S/C21H17F3N2O2/c22-21(23,24)14-6-4-13(5-7-14)12-19(27)25-18-3-1-2-17-16(18)10-11-26(20(17)28)15-8-9-15/h1-7,10-11,15H,8-9,12H2,(H,25,27). The normalized spacial score (nSPS) is 14.2. The molecule has 1 aromatic heterocycles. The average Bonchev–Trinajstić information content (AvgIpc) is 3.47. The smallest absolute Gasteiger partial charge is 0.325 e. The SMILES string of the molecule is O=C(Cc1ccc(C(F)(F)F)cc1)Nc1cccc2c(=O)n(C3CC3)ccc12. The van der Waals surface area contributed by atoms with Crippen molar-refractivity contribution in [1.29, 1.82) is 0 Å². The van der Waals surface area contributed by atoms with Crippen LogP contribution < -0.4 is 10.9 Å². The summed E-state index contributed by atoms with van der Waals surface area (Å²) in [6.07, 6.45) is -0.734. The van der Waals surface area contributed by atoms with E-state index >= 15 is 0 Å². The van der Waals surface area contributed by atoms with E-state index in [0.717, 1.165) is 25.0 Å². The van der Waals surface area contributed by atoms with E-state index in [4.69, 9.17) is 0 Å². The Kier molecular flexibility index (Phi) is 4.45. The molecule has 1 saturated carbocycles. The molecule has 0 aliphatic heterocycles. The molecular weight excluding hydrogens is 369 g/mol. The van der Waals surface area contributed by atoms with Crippen LogP contribution in [-0.4, -0.2) is 10.5 Å². The third-order valence-electron chi connectivity index (χ3n) is 4.83. The summed E-state index contributed by atoms with van der Waals surface area (Å²) in [6, 6.07) is 11.7. The number of amides is 1. The van der Waals surface area contributed by atoms with E-state index in [1.807, 2.05) is 6.07 Å². The number of anilines is 1. The third kappa shape index (κ3) is 3.65. The van der Waals surface area contributed by atoms with Crippen LogP contribution in [0.15, 0.2) is 59.5 Å². The van der Waals surface area contributed by atoms with Crippen LogP contribution in [0.3, 0.4) is 0 Å². The highest BCUT2D eigenvalue weighted by molar-refractivity contribution is 6.02. The molecule has 1 N–H and O–H groups in total. The van der Waals surface area contributed by atoms with E-state index in [2.05, 4.69) is 5.32 Å². The van der Waals surface area contributed by atoms with Crippen LogP contribution in [0.1, 0.15) is 30.0 Å². The first-order valence-electron chi connectivity index (χ1n) is 8.93. The predicted molar refractivity (Wildman–Crippen MR) is 100 cm³/mol. The molecule has 144 valence electrons. The molecule has 0 saturated heterocycles. The van der Waals surface area contributed by atoms with Crippen molar-refractivity contribution in [3.8, 4) is 0 Å². The number of nitrogens with zero attached hydrogens (tertiary/aromatic N) is 1. The Labute approximate surface area is 158 Å². The van der Waals surface area contributed by atoms with Gasteiger partial charge in [-0.2, -0.15) is 13.2 Å². The fourth-order valence-corrected chi connectivity index (χ4v) is 3.23. The van der Waals surface area contributed by atoms with E-state index in [1.165, 1.54) is 12.1 Å². The molecular formula is C21H17F3N2O2. The molecule has 2 aromatic carbocycles. The zero-order valence-corrected chi connectivity index (χ0v) is 14.8. The topological polar surface area (TPSA) is 51.1 Å². The van der Waals surface area contributed by atoms with E-state index < -0.39 is 11.7 Å². The van der Waals surface area contributed by atoms with Gasteiger partial charge in [-0.1, -0.05) is 18.2 Å². The number of halogens is 3. The number of benzene rings is 2. The van der Waals surface area contributed by atoms with Gasteiger partial charge in [0, 0.05) is 28.7 Å². The van der Waals surface area contributed by atoms with E-state index in [0.29, 0.717) is 22.0 Å². The number of pyridine rings is 1. The van der Waals surface area contributed by atoms with Crippen LogP contribution in [0.25, 0.3) is 10.8 Å². The van der Waals surface area contributed by atoms with Crippen molar-refractivity contribution in [2.24, 2.45) is 0 Å². The molecule has 1 amide bonds. The molecule has 28 heavy (non-hydrogen) atoms. The second-order valence-electron chi connectivity index (χ2n) is 6.95. The molecule has 1 aliphatic carbocycles. The summed E-state index contributed by atoms with van der Waals surface area (Å²) in [6.45, 7) is 0. The lowest BCUT2D eigenvalue weighted by atomic mass is 10.1. The van der Waals surface area contributed by atoms with Gasteiger partial charge in [0.25, 0.3) is 5.56 Å².